The van der Waals surface area contributed by atoms with Gasteiger partial charge in [0.1, 0.15) is 0 Å². The Kier molecular flexibility index (Phi) is 4.32. The number of aryl methyl sites for hydroxylation is 2. The van der Waals surface area contributed by atoms with E-state index in [1.807, 2.05) is 0 Å². The highest BCUT2D eigenvalue weighted by atomic mass is 15.2. The number of likely N-dealkylation sites (tertiary alicyclic amines) is 1. The van der Waals surface area contributed by atoms with Crippen LogP contribution in [0.1, 0.15) is 43.0 Å². The number of rotatable bonds is 4. The van der Waals surface area contributed by atoms with Crippen LogP contribution >= 0.6 is 0 Å². The summed E-state index contributed by atoms with van der Waals surface area (Å²) in [5, 5.41) is 3.49. The van der Waals surface area contributed by atoms with E-state index >= 15 is 0 Å². The van der Waals surface area contributed by atoms with Gasteiger partial charge in [-0.05, 0) is 44.8 Å². The number of hydrogen-bond donors (Lipinski definition) is 1. The molecule has 0 spiro atoms. The van der Waals surface area contributed by atoms with Gasteiger partial charge in [-0.1, -0.05) is 43.2 Å². The summed E-state index contributed by atoms with van der Waals surface area (Å²) < 4.78 is 0. The molecule has 1 N–H and O–H groups in total. The van der Waals surface area contributed by atoms with Crippen LogP contribution in [0.3, 0.4) is 0 Å². The van der Waals surface area contributed by atoms with Crippen molar-refractivity contribution in [3.05, 3.63) is 34.9 Å². The molecule has 106 valence electrons. The third-order valence-corrected chi connectivity index (χ3v) is 4.19. The van der Waals surface area contributed by atoms with E-state index in [9.17, 15) is 0 Å². The van der Waals surface area contributed by atoms with Crippen LogP contribution in [0.15, 0.2) is 18.2 Å². The highest BCUT2D eigenvalue weighted by Crippen LogP contribution is 2.30. The molecule has 1 aliphatic heterocycles. The van der Waals surface area contributed by atoms with E-state index in [-0.39, 0.29) is 0 Å². The van der Waals surface area contributed by atoms with Crippen molar-refractivity contribution in [2.45, 2.75) is 40.2 Å². The Bertz CT molecular complexity index is 417. The molecule has 0 amide bonds. The molecule has 0 radical (unpaired) electrons. The van der Waals surface area contributed by atoms with Gasteiger partial charge in [0.2, 0.25) is 0 Å². The van der Waals surface area contributed by atoms with Crippen LogP contribution in [-0.2, 0) is 0 Å². The molecular formula is C17H28N2. The van der Waals surface area contributed by atoms with Gasteiger partial charge < -0.3 is 10.2 Å². The van der Waals surface area contributed by atoms with Crippen molar-refractivity contribution in [1.82, 2.24) is 10.2 Å². The molecule has 19 heavy (non-hydrogen) atoms. The van der Waals surface area contributed by atoms with Gasteiger partial charge >= 0.3 is 0 Å². The first-order chi connectivity index (χ1) is 8.89. The predicted molar refractivity (Wildman–Crippen MR) is 82.6 cm³/mol. The van der Waals surface area contributed by atoms with Crippen LogP contribution in [0.5, 0.6) is 0 Å². The van der Waals surface area contributed by atoms with Gasteiger partial charge in [-0.15, -0.1) is 0 Å². The minimum absolute atomic E-state index is 0.438. The quantitative estimate of drug-likeness (QED) is 0.893. The smallest absolute Gasteiger partial charge is 0.0447 e. The molecule has 1 aromatic rings. The fraction of sp³-hybridized carbons (Fsp3) is 0.647. The molecule has 1 saturated heterocycles. The first kappa shape index (κ1) is 14.5. The van der Waals surface area contributed by atoms with Crippen LogP contribution < -0.4 is 5.32 Å². The lowest BCUT2D eigenvalue weighted by atomic mass is 9.93. The molecule has 2 nitrogen and oxygen atoms in total. The van der Waals surface area contributed by atoms with E-state index in [1.54, 1.807) is 0 Å². The van der Waals surface area contributed by atoms with Crippen LogP contribution in [0.25, 0.3) is 0 Å². The normalized spacial score (nSPS) is 20.7. The van der Waals surface area contributed by atoms with Crippen LogP contribution in [0.4, 0.5) is 0 Å². The summed E-state index contributed by atoms with van der Waals surface area (Å²) in [5.74, 6) is 0. The molecule has 1 aliphatic rings. The maximum atomic E-state index is 3.49. The summed E-state index contributed by atoms with van der Waals surface area (Å²) in [5.41, 5.74) is 4.62. The second-order valence-corrected chi connectivity index (χ2v) is 6.91. The Morgan fingerprint density at radius 1 is 1.21 bits per heavy atom. The third kappa shape index (κ3) is 3.80. The fourth-order valence-electron chi connectivity index (χ4n) is 3.21. The molecule has 0 saturated carbocycles. The Balaban J connectivity index is 2.08. The van der Waals surface area contributed by atoms with Crippen LogP contribution in [0, 0.1) is 19.3 Å². The van der Waals surface area contributed by atoms with Gasteiger partial charge in [0.15, 0.2) is 0 Å². The monoisotopic (exact) mass is 260 g/mol. The number of nitrogens with one attached hydrogen (secondary N) is 1. The largest absolute Gasteiger partial charge is 0.312 e. The minimum Gasteiger partial charge on any atom is -0.312 e. The van der Waals surface area contributed by atoms with Crippen molar-refractivity contribution >= 4 is 0 Å². The molecular weight excluding hydrogens is 232 g/mol. The minimum atomic E-state index is 0.438. The molecule has 0 aromatic heterocycles. The topological polar surface area (TPSA) is 15.3 Å². The molecule has 1 heterocycles. The summed E-state index contributed by atoms with van der Waals surface area (Å²) in [6, 6.07) is 7.31. The Morgan fingerprint density at radius 2 is 1.84 bits per heavy atom. The van der Waals surface area contributed by atoms with Crippen molar-refractivity contribution in [2.75, 3.05) is 26.7 Å². The van der Waals surface area contributed by atoms with Gasteiger partial charge in [0, 0.05) is 19.1 Å². The van der Waals surface area contributed by atoms with Gasteiger partial charge in [0.05, 0.1) is 0 Å². The maximum absolute atomic E-state index is 3.49. The third-order valence-electron chi connectivity index (χ3n) is 4.19. The van der Waals surface area contributed by atoms with Crippen LogP contribution in [-0.4, -0.2) is 31.6 Å². The summed E-state index contributed by atoms with van der Waals surface area (Å²) >= 11 is 0. The lowest BCUT2D eigenvalue weighted by Crippen LogP contribution is -2.33. The molecule has 0 bridgehead atoms. The summed E-state index contributed by atoms with van der Waals surface area (Å²) in [6.45, 7) is 12.7. The molecule has 1 unspecified atom stereocenters. The molecule has 1 aromatic carbocycles. The van der Waals surface area contributed by atoms with Crippen molar-refractivity contribution in [3.8, 4) is 0 Å². The number of nitrogens with zero attached hydrogens (tertiary/aromatic N) is 1. The number of benzene rings is 1. The fourth-order valence-corrected chi connectivity index (χ4v) is 3.21. The average molecular weight is 260 g/mol. The second-order valence-electron chi connectivity index (χ2n) is 6.91. The average Bonchev–Trinajstić information content (AvgIpc) is 2.64. The lowest BCUT2D eigenvalue weighted by Gasteiger charge is -2.25. The zero-order valence-corrected chi connectivity index (χ0v) is 13.1. The Morgan fingerprint density at radius 3 is 2.32 bits per heavy atom. The van der Waals surface area contributed by atoms with Crippen molar-refractivity contribution < 1.29 is 0 Å². The first-order valence-electron chi connectivity index (χ1n) is 7.37. The molecule has 2 heteroatoms. The lowest BCUT2D eigenvalue weighted by molar-refractivity contribution is 0.265. The van der Waals surface area contributed by atoms with E-state index in [0.29, 0.717) is 11.5 Å². The molecule has 1 atom stereocenters. The highest BCUT2D eigenvalue weighted by molar-refractivity contribution is 5.30. The number of likely N-dealkylation sites (N-methyl/N-ethyl adjacent to an activating group) is 1. The molecule has 1 fully saturated rings. The predicted octanol–water partition coefficient (Wildman–Crippen LogP) is 3.30. The molecule has 0 aliphatic carbocycles. The standard InChI is InChI=1S/C17H28N2/c1-13-8-14(2)10-15(9-13)16(18-5)11-19-7-6-17(3,4)12-19/h8-10,16,18H,6-7,11-12H2,1-5H3. The van der Waals surface area contributed by atoms with Gasteiger partial charge in [-0.2, -0.15) is 0 Å². The zero-order chi connectivity index (χ0) is 14.0. The first-order valence-corrected chi connectivity index (χ1v) is 7.37. The number of hydrogen-bond acceptors (Lipinski definition) is 2. The summed E-state index contributed by atoms with van der Waals surface area (Å²) in [7, 11) is 2.07. The second kappa shape index (κ2) is 5.64. The van der Waals surface area contributed by atoms with Gasteiger partial charge in [-0.3, -0.25) is 0 Å². The van der Waals surface area contributed by atoms with Crippen LogP contribution in [0.2, 0.25) is 0 Å². The van der Waals surface area contributed by atoms with E-state index in [0.717, 1.165) is 6.54 Å². The van der Waals surface area contributed by atoms with E-state index in [4.69, 9.17) is 0 Å². The summed E-state index contributed by atoms with van der Waals surface area (Å²) in [4.78, 5) is 2.60. The van der Waals surface area contributed by atoms with E-state index in [1.165, 1.54) is 36.2 Å². The maximum Gasteiger partial charge on any atom is 0.0447 e. The Hall–Kier alpha value is -0.860. The van der Waals surface area contributed by atoms with Crippen molar-refractivity contribution in [3.63, 3.8) is 0 Å². The van der Waals surface area contributed by atoms with E-state index < -0.39 is 0 Å². The molecule has 2 rings (SSSR count). The van der Waals surface area contributed by atoms with Crippen molar-refractivity contribution in [2.24, 2.45) is 5.41 Å². The van der Waals surface area contributed by atoms with Crippen molar-refractivity contribution in [1.29, 1.82) is 0 Å². The van der Waals surface area contributed by atoms with E-state index in [2.05, 4.69) is 63.2 Å². The van der Waals surface area contributed by atoms with Gasteiger partial charge in [-0.25, -0.2) is 0 Å². The summed E-state index contributed by atoms with van der Waals surface area (Å²) in [6.07, 6.45) is 1.32. The zero-order valence-electron chi connectivity index (χ0n) is 13.1. The Labute approximate surface area is 118 Å². The van der Waals surface area contributed by atoms with Gasteiger partial charge in [0.25, 0.3) is 0 Å². The highest BCUT2D eigenvalue weighted by Gasteiger charge is 2.30. The SMILES string of the molecule is CNC(CN1CCC(C)(C)C1)c1cc(C)cc(C)c1.